The third-order valence-corrected chi connectivity index (χ3v) is 5.65. The Morgan fingerprint density at radius 3 is 2.19 bits per heavy atom. The number of methoxy groups -OCH3 is 1. The van der Waals surface area contributed by atoms with Gasteiger partial charge in [-0.3, -0.25) is 9.69 Å². The van der Waals surface area contributed by atoms with E-state index in [0.717, 1.165) is 4.31 Å². The Morgan fingerprint density at radius 2 is 1.63 bits per heavy atom. The molecule has 0 saturated heterocycles. The van der Waals surface area contributed by atoms with Crippen molar-refractivity contribution in [2.75, 3.05) is 38.5 Å². The number of carbonyl (C=O) groups is 2. The van der Waals surface area contributed by atoms with Gasteiger partial charge in [0.2, 0.25) is 10.0 Å². The molecule has 0 radical (unpaired) electrons. The van der Waals surface area contributed by atoms with Crippen molar-refractivity contribution < 1.29 is 22.7 Å². The van der Waals surface area contributed by atoms with Gasteiger partial charge in [-0.25, -0.2) is 17.5 Å². The molecule has 8 nitrogen and oxygen atoms in total. The molecule has 0 aliphatic heterocycles. The Hall–Kier alpha value is -2.91. The lowest BCUT2D eigenvalue weighted by atomic mass is 10.2. The number of anilines is 2. The molecule has 2 rings (SSSR count). The molecule has 144 valence electrons. The molecule has 1 N–H and O–H groups in total. The molecule has 0 atom stereocenters. The van der Waals surface area contributed by atoms with E-state index in [-0.39, 0.29) is 10.5 Å². The molecular weight excluding hydrogens is 370 g/mol. The summed E-state index contributed by atoms with van der Waals surface area (Å²) in [6, 6.07) is 12.4. The molecule has 0 aliphatic rings. The predicted molar refractivity (Wildman–Crippen MR) is 103 cm³/mol. The first kappa shape index (κ1) is 20.4. The van der Waals surface area contributed by atoms with Crippen LogP contribution in [0.2, 0.25) is 0 Å². The number of nitrogens with zero attached hydrogens (tertiary/aromatic N) is 2. The highest BCUT2D eigenvalue weighted by atomic mass is 32.2. The summed E-state index contributed by atoms with van der Waals surface area (Å²) in [6.07, 6.45) is -0.509. The van der Waals surface area contributed by atoms with E-state index >= 15 is 0 Å². The van der Waals surface area contributed by atoms with Gasteiger partial charge in [-0.15, -0.1) is 0 Å². The van der Waals surface area contributed by atoms with Gasteiger partial charge in [0.25, 0.3) is 5.91 Å². The molecule has 2 aromatic rings. The van der Waals surface area contributed by atoms with E-state index in [2.05, 4.69) is 10.1 Å². The number of amides is 2. The third kappa shape index (κ3) is 4.63. The number of hydrogen-bond donors (Lipinski definition) is 1. The van der Waals surface area contributed by atoms with Gasteiger partial charge in [-0.05, 0) is 42.5 Å². The molecule has 2 amide bonds. The lowest BCUT2D eigenvalue weighted by Gasteiger charge is -2.16. The summed E-state index contributed by atoms with van der Waals surface area (Å²) >= 11 is 0. The minimum atomic E-state index is -3.63. The zero-order chi connectivity index (χ0) is 20.2. The van der Waals surface area contributed by atoms with Gasteiger partial charge in [0.1, 0.15) is 0 Å². The standard InChI is InChI=1S/C18H21N3O5S/c1-20(2)27(24,25)16-7-5-6-13(12-16)17(22)19-14-8-10-15(11-9-14)21(3)18(23)26-4/h5-12H,1-4H3,(H,19,22). The van der Waals surface area contributed by atoms with E-state index in [0.29, 0.717) is 11.4 Å². The van der Waals surface area contributed by atoms with E-state index in [1.54, 1.807) is 31.3 Å². The summed E-state index contributed by atoms with van der Waals surface area (Å²) in [5.74, 6) is -0.445. The van der Waals surface area contributed by atoms with Crippen molar-refractivity contribution in [3.05, 3.63) is 54.1 Å². The van der Waals surface area contributed by atoms with Crippen LogP contribution in [0.15, 0.2) is 53.4 Å². The highest BCUT2D eigenvalue weighted by Gasteiger charge is 2.19. The van der Waals surface area contributed by atoms with E-state index in [1.165, 1.54) is 50.4 Å². The van der Waals surface area contributed by atoms with Gasteiger partial charge < -0.3 is 10.1 Å². The second-order valence-corrected chi connectivity index (χ2v) is 8.00. The van der Waals surface area contributed by atoms with Crippen molar-refractivity contribution in [1.29, 1.82) is 0 Å². The van der Waals surface area contributed by atoms with Crippen LogP contribution in [0.1, 0.15) is 10.4 Å². The average Bonchev–Trinajstić information content (AvgIpc) is 2.67. The van der Waals surface area contributed by atoms with Gasteiger partial charge in [-0.1, -0.05) is 6.07 Å². The minimum absolute atomic E-state index is 0.0372. The molecule has 0 bridgehead atoms. The number of benzene rings is 2. The van der Waals surface area contributed by atoms with Crippen molar-refractivity contribution in [1.82, 2.24) is 4.31 Å². The Labute approximate surface area is 158 Å². The Morgan fingerprint density at radius 1 is 1.00 bits per heavy atom. The number of nitrogens with one attached hydrogen (secondary N) is 1. The number of ether oxygens (including phenoxy) is 1. The number of sulfonamides is 1. The highest BCUT2D eigenvalue weighted by molar-refractivity contribution is 7.89. The SMILES string of the molecule is COC(=O)N(C)c1ccc(NC(=O)c2cccc(S(=O)(=O)N(C)C)c2)cc1. The van der Waals surface area contributed by atoms with E-state index in [1.807, 2.05) is 0 Å². The summed E-state index contributed by atoms with van der Waals surface area (Å²) in [5.41, 5.74) is 1.32. The molecule has 0 fully saturated rings. The molecule has 0 aromatic heterocycles. The van der Waals surface area contributed by atoms with Crippen LogP contribution in [0, 0.1) is 0 Å². The van der Waals surface area contributed by atoms with Crippen LogP contribution in [0.4, 0.5) is 16.2 Å². The molecular formula is C18H21N3O5S. The lowest BCUT2D eigenvalue weighted by Crippen LogP contribution is -2.25. The zero-order valence-electron chi connectivity index (χ0n) is 15.5. The predicted octanol–water partition coefficient (Wildman–Crippen LogP) is 2.39. The largest absolute Gasteiger partial charge is 0.452 e. The minimum Gasteiger partial charge on any atom is -0.452 e. The Kier molecular flexibility index (Phi) is 6.19. The van der Waals surface area contributed by atoms with Gasteiger partial charge in [0.05, 0.1) is 12.0 Å². The molecule has 0 saturated carbocycles. The molecule has 27 heavy (non-hydrogen) atoms. The van der Waals surface area contributed by atoms with Crippen molar-refractivity contribution in [2.24, 2.45) is 0 Å². The van der Waals surface area contributed by atoms with Gasteiger partial charge in [0, 0.05) is 38.1 Å². The smallest absolute Gasteiger partial charge is 0.413 e. The maximum absolute atomic E-state index is 12.4. The van der Waals surface area contributed by atoms with Crippen LogP contribution < -0.4 is 10.2 Å². The Balaban J connectivity index is 2.17. The Bertz CT molecular complexity index is 940. The first-order chi connectivity index (χ1) is 12.7. The summed E-state index contributed by atoms with van der Waals surface area (Å²) in [5, 5.41) is 2.69. The van der Waals surface area contributed by atoms with Crippen LogP contribution >= 0.6 is 0 Å². The molecule has 0 spiro atoms. The fourth-order valence-corrected chi connectivity index (χ4v) is 3.17. The van der Waals surface area contributed by atoms with Crippen molar-refractivity contribution >= 4 is 33.4 Å². The van der Waals surface area contributed by atoms with E-state index < -0.39 is 22.0 Å². The third-order valence-electron chi connectivity index (χ3n) is 3.84. The van der Waals surface area contributed by atoms with E-state index in [9.17, 15) is 18.0 Å². The van der Waals surface area contributed by atoms with Crippen LogP contribution in [-0.2, 0) is 14.8 Å². The van der Waals surface area contributed by atoms with E-state index in [4.69, 9.17) is 0 Å². The summed E-state index contributed by atoms with van der Waals surface area (Å²) in [4.78, 5) is 25.3. The molecule has 0 aliphatic carbocycles. The van der Waals surface area contributed by atoms with Crippen LogP contribution in [-0.4, -0.2) is 53.0 Å². The number of rotatable bonds is 5. The van der Waals surface area contributed by atoms with Crippen LogP contribution in [0.5, 0.6) is 0 Å². The molecule has 0 unspecified atom stereocenters. The van der Waals surface area contributed by atoms with Gasteiger partial charge in [-0.2, -0.15) is 0 Å². The second-order valence-electron chi connectivity index (χ2n) is 5.85. The monoisotopic (exact) mass is 391 g/mol. The zero-order valence-corrected chi connectivity index (χ0v) is 16.3. The van der Waals surface area contributed by atoms with Crippen molar-refractivity contribution in [2.45, 2.75) is 4.90 Å². The molecule has 9 heteroatoms. The van der Waals surface area contributed by atoms with Crippen LogP contribution in [0.25, 0.3) is 0 Å². The number of hydrogen-bond acceptors (Lipinski definition) is 5. The topological polar surface area (TPSA) is 96.0 Å². The lowest BCUT2D eigenvalue weighted by molar-refractivity contribution is 0.102. The maximum Gasteiger partial charge on any atom is 0.413 e. The second kappa shape index (κ2) is 8.19. The highest BCUT2D eigenvalue weighted by Crippen LogP contribution is 2.19. The first-order valence-electron chi connectivity index (χ1n) is 7.92. The van der Waals surface area contributed by atoms with Crippen molar-refractivity contribution in [3.63, 3.8) is 0 Å². The number of carbonyl (C=O) groups excluding carboxylic acids is 2. The summed E-state index contributed by atoms with van der Waals surface area (Å²) < 4.78 is 30.1. The maximum atomic E-state index is 12.4. The summed E-state index contributed by atoms with van der Waals surface area (Å²) in [7, 11) is 2.08. The fourth-order valence-electron chi connectivity index (χ4n) is 2.22. The summed E-state index contributed by atoms with van der Waals surface area (Å²) in [6.45, 7) is 0. The molecule has 2 aromatic carbocycles. The first-order valence-corrected chi connectivity index (χ1v) is 9.36. The van der Waals surface area contributed by atoms with Crippen molar-refractivity contribution in [3.8, 4) is 0 Å². The average molecular weight is 391 g/mol. The fraction of sp³-hybridized carbons (Fsp3) is 0.222. The van der Waals surface area contributed by atoms with Crippen LogP contribution in [0.3, 0.4) is 0 Å². The van der Waals surface area contributed by atoms with Gasteiger partial charge in [0.15, 0.2) is 0 Å². The molecule has 0 heterocycles. The normalized spacial score (nSPS) is 11.1. The quantitative estimate of drug-likeness (QED) is 0.844. The van der Waals surface area contributed by atoms with Gasteiger partial charge >= 0.3 is 6.09 Å².